The van der Waals surface area contributed by atoms with Gasteiger partial charge in [-0.1, -0.05) is 126 Å². The second-order valence-electron chi connectivity index (χ2n) is 23.3. The lowest BCUT2D eigenvalue weighted by atomic mass is 9.80. The van der Waals surface area contributed by atoms with Gasteiger partial charge in [0, 0.05) is 38.5 Å². The third-order valence-corrected chi connectivity index (χ3v) is 18.1. The summed E-state index contributed by atoms with van der Waals surface area (Å²) in [5.41, 5.74) is -0.171. The quantitative estimate of drug-likeness (QED) is 0.102. The molecule has 0 bridgehead atoms. The molecule has 4 fully saturated rings. The maximum atomic E-state index is 13.8. The number of guanidine groups is 2. The van der Waals surface area contributed by atoms with Crippen LogP contribution in [0.25, 0.3) is 12.2 Å². The SMILES string of the molecule is C.C.CC[C@H]1C=CCC[C@@]2(C[C@@H]3CC[C@@H]4[C@@H](C(=O)OC/C=C/c5ccccc5)[C@]5(CCC[C@@H](C)O5)NC(=[N+]34)N2)O1.CC[C@H]1C=CCC[C@@]2(C[C@@H]3CC[C@@H]4[C@H](C(=O)OC/C=C/c5ccccc5)[C@]5(CCC[C@@H](C)O5)NC(=[N+]34)N2)O1. The van der Waals surface area contributed by atoms with Crippen LogP contribution in [0.1, 0.15) is 169 Å². The Labute approximate surface area is 465 Å². The molecule has 0 aromatic heterocycles. The highest BCUT2D eigenvalue weighted by molar-refractivity contribution is 5.83. The van der Waals surface area contributed by atoms with Crippen molar-refractivity contribution in [3.8, 4) is 0 Å². The van der Waals surface area contributed by atoms with E-state index >= 15 is 0 Å². The summed E-state index contributed by atoms with van der Waals surface area (Å²) in [6, 6.07) is 20.9. The molecular formula is C64H92N6O8+2. The van der Waals surface area contributed by atoms with Gasteiger partial charge in [-0.15, -0.1) is 0 Å². The molecule has 0 unspecified atom stereocenters. The predicted molar refractivity (Wildman–Crippen MR) is 306 cm³/mol. The lowest BCUT2D eigenvalue weighted by Crippen LogP contribution is -2.76. The molecule has 2 aromatic carbocycles. The van der Waals surface area contributed by atoms with Gasteiger partial charge in [-0.05, 0) is 114 Å². The van der Waals surface area contributed by atoms with Crippen LogP contribution in [-0.2, 0) is 38.0 Å². The van der Waals surface area contributed by atoms with Gasteiger partial charge in [0.15, 0.2) is 23.3 Å². The lowest BCUT2D eigenvalue weighted by Gasteiger charge is -2.50. The number of carbonyl (C=O) groups is 2. The molecule has 424 valence electrons. The molecule has 0 amide bonds. The number of allylic oxidation sites excluding steroid dienone is 2. The average molecular weight is 1070 g/mol. The first-order valence-electron chi connectivity index (χ1n) is 29.3. The standard InChI is InChI=1S/2C31H41N3O4.2CH4/c2*1-3-25-15-7-8-18-30(38-25)21-24-16-17-26-27(28(35)36-20-10-14-23-12-5-4-6-13-23)31(19-9-11-22(2)37-31)33-29(32-30)34(24)26;;/h2*4-7,10,12-15,22,24-27H,3,8-9,11,16-21H2,1-2H3,(H,32,33);2*1H4/p+2/b2*14-10+;;/t22-,24+,25+,26-,27+,30+,31-;22-,24+,25+,26-,27-,30+,31-;;/m11../s1. The van der Waals surface area contributed by atoms with E-state index in [0.717, 1.165) is 139 Å². The molecule has 10 aliphatic rings. The average Bonchev–Trinajstić information content (AvgIpc) is 3.96. The van der Waals surface area contributed by atoms with Crippen molar-refractivity contribution in [1.82, 2.24) is 21.3 Å². The normalized spacial score (nSPS) is 37.1. The van der Waals surface area contributed by atoms with E-state index in [-0.39, 0.29) is 88.3 Å². The van der Waals surface area contributed by atoms with Crippen molar-refractivity contribution in [2.45, 2.75) is 230 Å². The second kappa shape index (κ2) is 24.6. The fourth-order valence-corrected chi connectivity index (χ4v) is 14.7. The number of hydrogen-bond acceptors (Lipinski definition) is 12. The molecule has 0 aliphatic carbocycles. The summed E-state index contributed by atoms with van der Waals surface area (Å²) in [4.78, 5) is 27.6. The molecule has 2 aromatic rings. The van der Waals surface area contributed by atoms with Crippen LogP contribution in [0, 0.1) is 11.8 Å². The zero-order chi connectivity index (χ0) is 52.3. The van der Waals surface area contributed by atoms with Crippen molar-refractivity contribution in [3.05, 3.63) is 108 Å². The molecule has 10 aliphatic heterocycles. The van der Waals surface area contributed by atoms with E-state index in [9.17, 15) is 9.59 Å². The van der Waals surface area contributed by atoms with Crippen LogP contribution in [0.2, 0.25) is 0 Å². The first-order chi connectivity index (χ1) is 37.0. The number of nitrogens with one attached hydrogen (secondary N) is 4. The van der Waals surface area contributed by atoms with Crippen LogP contribution in [0.5, 0.6) is 0 Å². The van der Waals surface area contributed by atoms with E-state index in [0.29, 0.717) is 12.1 Å². The van der Waals surface area contributed by atoms with Crippen LogP contribution in [0.15, 0.2) is 97.1 Å². The zero-order valence-electron chi connectivity index (χ0n) is 45.5. The monoisotopic (exact) mass is 1070 g/mol. The number of ether oxygens (including phenoxy) is 6. The zero-order valence-corrected chi connectivity index (χ0v) is 45.5. The summed E-state index contributed by atoms with van der Waals surface area (Å²) in [6.45, 7) is 9.09. The van der Waals surface area contributed by atoms with Crippen molar-refractivity contribution in [2.75, 3.05) is 13.2 Å². The van der Waals surface area contributed by atoms with E-state index in [2.05, 4.69) is 82.4 Å². The van der Waals surface area contributed by atoms with Gasteiger partial charge >= 0.3 is 23.9 Å². The number of benzene rings is 2. The van der Waals surface area contributed by atoms with Gasteiger partial charge in [-0.3, -0.25) is 18.7 Å². The Morgan fingerprint density at radius 3 is 1.40 bits per heavy atom. The van der Waals surface area contributed by atoms with E-state index in [1.54, 1.807) is 0 Å². The Morgan fingerprint density at radius 1 is 0.577 bits per heavy atom. The molecule has 78 heavy (non-hydrogen) atoms. The van der Waals surface area contributed by atoms with Crippen molar-refractivity contribution in [2.24, 2.45) is 11.8 Å². The highest BCUT2D eigenvalue weighted by Gasteiger charge is 2.66. The Kier molecular flexibility index (Phi) is 18.1. The largest absolute Gasteiger partial charge is 0.461 e. The molecule has 14 nitrogen and oxygen atoms in total. The highest BCUT2D eigenvalue weighted by Crippen LogP contribution is 2.48. The topological polar surface area (TPSA) is 144 Å². The van der Waals surface area contributed by atoms with Crippen LogP contribution in [-0.4, -0.2) is 118 Å². The molecule has 4 saturated heterocycles. The maximum absolute atomic E-state index is 13.8. The minimum absolute atomic E-state index is 0. The van der Waals surface area contributed by atoms with Gasteiger partial charge < -0.3 is 28.4 Å². The van der Waals surface area contributed by atoms with Gasteiger partial charge in [0.25, 0.3) is 0 Å². The van der Waals surface area contributed by atoms with Gasteiger partial charge in [-0.25, -0.2) is 21.3 Å². The molecule has 0 radical (unpaired) electrons. The van der Waals surface area contributed by atoms with E-state index in [1.807, 2.05) is 85.0 Å². The second-order valence-corrected chi connectivity index (χ2v) is 23.3. The fourth-order valence-electron chi connectivity index (χ4n) is 14.7. The maximum Gasteiger partial charge on any atom is 0.350 e. The number of esters is 2. The summed E-state index contributed by atoms with van der Waals surface area (Å²) < 4.78 is 43.5. The first kappa shape index (κ1) is 57.4. The van der Waals surface area contributed by atoms with Crippen LogP contribution >= 0.6 is 0 Å². The molecular weight excluding hydrogens is 981 g/mol. The van der Waals surface area contributed by atoms with Crippen molar-refractivity contribution >= 4 is 36.0 Å². The molecule has 4 spiro atoms. The summed E-state index contributed by atoms with van der Waals surface area (Å²) >= 11 is 0. The molecule has 10 heterocycles. The first-order valence-corrected chi connectivity index (χ1v) is 29.3. The molecule has 14 atom stereocenters. The fraction of sp³-hybridized carbons (Fsp3) is 0.625. The third kappa shape index (κ3) is 11.8. The summed E-state index contributed by atoms with van der Waals surface area (Å²) in [6.07, 6.45) is 34.3. The predicted octanol–water partition coefficient (Wildman–Crippen LogP) is 10.2. The van der Waals surface area contributed by atoms with E-state index < -0.39 is 22.9 Å². The summed E-state index contributed by atoms with van der Waals surface area (Å²) in [5.74, 6) is 0.830. The molecule has 14 heteroatoms. The van der Waals surface area contributed by atoms with Gasteiger partial charge in [0.05, 0.1) is 48.6 Å². The smallest absolute Gasteiger partial charge is 0.350 e. The third-order valence-electron chi connectivity index (χ3n) is 18.1. The summed E-state index contributed by atoms with van der Waals surface area (Å²) in [7, 11) is 0. The summed E-state index contributed by atoms with van der Waals surface area (Å²) in [5, 5.41) is 15.2. The molecule has 4 N–H and O–H groups in total. The van der Waals surface area contributed by atoms with Crippen molar-refractivity contribution < 1.29 is 47.2 Å². The van der Waals surface area contributed by atoms with E-state index in [1.165, 1.54) is 0 Å². The van der Waals surface area contributed by atoms with Crippen LogP contribution in [0.3, 0.4) is 0 Å². The minimum Gasteiger partial charge on any atom is -0.461 e. The Morgan fingerprint density at radius 2 is 1.00 bits per heavy atom. The van der Waals surface area contributed by atoms with Crippen LogP contribution in [0.4, 0.5) is 0 Å². The Bertz CT molecular complexity index is 2410. The number of nitrogens with zero attached hydrogens (tertiary/aromatic N) is 2. The Balaban J connectivity index is 0.000000185. The van der Waals surface area contributed by atoms with Crippen molar-refractivity contribution in [3.63, 3.8) is 0 Å². The minimum atomic E-state index is -0.776. The van der Waals surface area contributed by atoms with E-state index in [4.69, 9.17) is 28.4 Å². The van der Waals surface area contributed by atoms with Gasteiger partial charge in [0.1, 0.15) is 13.2 Å². The number of hydrogen-bond donors (Lipinski definition) is 4. The molecule has 0 saturated carbocycles. The highest BCUT2D eigenvalue weighted by atomic mass is 16.6. The van der Waals surface area contributed by atoms with Crippen LogP contribution < -0.4 is 21.3 Å². The molecule has 12 rings (SSSR count). The Hall–Kier alpha value is -5.28. The number of carbonyl (C=O) groups excluding carboxylic acids is 2. The number of rotatable bonds is 10. The van der Waals surface area contributed by atoms with Gasteiger partial charge in [0.2, 0.25) is 11.4 Å². The lowest BCUT2D eigenvalue weighted by molar-refractivity contribution is -0.609. The van der Waals surface area contributed by atoms with Crippen molar-refractivity contribution in [1.29, 1.82) is 0 Å². The van der Waals surface area contributed by atoms with Gasteiger partial charge in [-0.2, -0.15) is 0 Å².